The van der Waals surface area contributed by atoms with Gasteiger partial charge in [0.25, 0.3) is 0 Å². The van der Waals surface area contributed by atoms with E-state index in [9.17, 15) is 9.90 Å². The molecule has 1 aromatic rings. The molecule has 2 saturated carbocycles. The van der Waals surface area contributed by atoms with Gasteiger partial charge in [-0.2, -0.15) is 0 Å². The average Bonchev–Trinajstić information content (AvgIpc) is 3.59. The van der Waals surface area contributed by atoms with Crippen molar-refractivity contribution in [3.05, 3.63) is 35.4 Å². The number of nitrogens with zero attached hydrogens (tertiary/aromatic N) is 2. The number of rotatable bonds is 3. The van der Waals surface area contributed by atoms with Gasteiger partial charge in [-0.3, -0.25) is 9.69 Å². The number of fused-ring (bicyclic) bond motifs is 1. The maximum atomic E-state index is 12.7. The van der Waals surface area contributed by atoms with Crippen molar-refractivity contribution in [2.75, 3.05) is 26.2 Å². The van der Waals surface area contributed by atoms with Gasteiger partial charge in [0, 0.05) is 48.5 Å². The van der Waals surface area contributed by atoms with Gasteiger partial charge in [0.2, 0.25) is 5.91 Å². The van der Waals surface area contributed by atoms with Crippen molar-refractivity contribution in [2.24, 2.45) is 11.8 Å². The molecule has 5 rings (SSSR count). The van der Waals surface area contributed by atoms with Gasteiger partial charge >= 0.3 is 0 Å². The van der Waals surface area contributed by atoms with Crippen molar-refractivity contribution < 1.29 is 9.90 Å². The molecule has 1 amide bonds. The zero-order valence-corrected chi connectivity index (χ0v) is 16.5. The van der Waals surface area contributed by atoms with E-state index in [1.54, 1.807) is 0 Å². The van der Waals surface area contributed by atoms with Crippen LogP contribution in [-0.4, -0.2) is 59.1 Å². The Morgan fingerprint density at radius 3 is 2.50 bits per heavy atom. The average molecular weight is 379 g/mol. The van der Waals surface area contributed by atoms with Gasteiger partial charge in [0.05, 0.1) is 6.61 Å². The van der Waals surface area contributed by atoms with Crippen LogP contribution in [-0.2, 0) is 4.79 Å². The summed E-state index contributed by atoms with van der Waals surface area (Å²) in [5.41, 5.74) is 2.35. The minimum Gasteiger partial charge on any atom is -0.395 e. The molecule has 0 bridgehead atoms. The quantitative estimate of drug-likeness (QED) is 0.823. The molecule has 1 N–H and O–H groups in total. The standard InChI is InChI=1S/C24H30N2O2/c27-16-22-23(19-9-7-18(8-10-19)6-5-17-3-4-17)21-15-25(24(28)20-11-12-20)13-1-2-14-26(21)22/h7-10,17,20-23,27H,1-4,11-16H2/t21-,22+,23-/m0/s1. The molecule has 28 heavy (non-hydrogen) atoms. The van der Waals surface area contributed by atoms with Crippen LogP contribution in [0.4, 0.5) is 0 Å². The van der Waals surface area contributed by atoms with Gasteiger partial charge in [-0.15, -0.1) is 0 Å². The smallest absolute Gasteiger partial charge is 0.225 e. The summed E-state index contributed by atoms with van der Waals surface area (Å²) in [6.07, 6.45) is 6.80. The molecule has 0 radical (unpaired) electrons. The minimum absolute atomic E-state index is 0.171. The first-order chi connectivity index (χ1) is 13.7. The first-order valence-corrected chi connectivity index (χ1v) is 11.0. The lowest BCUT2D eigenvalue weighted by Gasteiger charge is -2.57. The molecule has 2 aliphatic heterocycles. The van der Waals surface area contributed by atoms with E-state index < -0.39 is 0 Å². The topological polar surface area (TPSA) is 43.8 Å². The largest absolute Gasteiger partial charge is 0.395 e. The summed E-state index contributed by atoms with van der Waals surface area (Å²) in [5, 5.41) is 10.1. The first-order valence-electron chi connectivity index (χ1n) is 11.0. The van der Waals surface area contributed by atoms with E-state index in [1.165, 1.54) is 18.4 Å². The molecule has 4 nitrogen and oxygen atoms in total. The van der Waals surface area contributed by atoms with Crippen LogP contribution < -0.4 is 0 Å². The van der Waals surface area contributed by atoms with E-state index in [1.807, 2.05) is 0 Å². The third kappa shape index (κ3) is 3.58. The lowest BCUT2D eigenvalue weighted by atomic mass is 9.74. The monoisotopic (exact) mass is 378 g/mol. The van der Waals surface area contributed by atoms with Crippen molar-refractivity contribution in [3.8, 4) is 11.8 Å². The lowest BCUT2D eigenvalue weighted by Crippen LogP contribution is -2.68. The van der Waals surface area contributed by atoms with E-state index >= 15 is 0 Å². The molecule has 4 fully saturated rings. The fourth-order valence-corrected chi connectivity index (χ4v) is 4.93. The number of carbonyl (C=O) groups is 1. The Bertz CT molecular complexity index is 785. The fraction of sp³-hybridized carbons (Fsp3) is 0.625. The van der Waals surface area contributed by atoms with Crippen molar-refractivity contribution in [1.82, 2.24) is 9.80 Å². The number of aliphatic hydroxyl groups excluding tert-OH is 1. The van der Waals surface area contributed by atoms with E-state index in [-0.39, 0.29) is 18.6 Å². The molecular formula is C24H30N2O2. The normalized spacial score (nSPS) is 30.3. The highest BCUT2D eigenvalue weighted by Gasteiger charge is 2.50. The molecule has 2 aliphatic carbocycles. The van der Waals surface area contributed by atoms with Crippen molar-refractivity contribution in [2.45, 2.75) is 56.5 Å². The second-order valence-electron chi connectivity index (χ2n) is 9.01. The number of hydrogen-bond donors (Lipinski definition) is 1. The van der Waals surface area contributed by atoms with E-state index in [2.05, 4.69) is 45.9 Å². The van der Waals surface area contributed by atoms with Crippen molar-refractivity contribution in [3.63, 3.8) is 0 Å². The van der Waals surface area contributed by atoms with E-state index in [0.29, 0.717) is 23.8 Å². The summed E-state index contributed by atoms with van der Waals surface area (Å²) in [6.45, 7) is 2.91. The highest BCUT2D eigenvalue weighted by atomic mass is 16.3. The zero-order chi connectivity index (χ0) is 19.1. The summed E-state index contributed by atoms with van der Waals surface area (Å²) in [5.74, 6) is 8.16. The minimum atomic E-state index is 0.171. The molecule has 2 saturated heterocycles. The second kappa shape index (κ2) is 7.54. The Labute approximate surface area is 167 Å². The van der Waals surface area contributed by atoms with Crippen LogP contribution in [0.2, 0.25) is 0 Å². The van der Waals surface area contributed by atoms with Crippen LogP contribution in [0.25, 0.3) is 0 Å². The molecule has 148 valence electrons. The molecule has 0 spiro atoms. The van der Waals surface area contributed by atoms with Crippen LogP contribution in [0.1, 0.15) is 55.6 Å². The predicted molar refractivity (Wildman–Crippen MR) is 109 cm³/mol. The van der Waals surface area contributed by atoms with E-state index in [0.717, 1.165) is 50.9 Å². The summed E-state index contributed by atoms with van der Waals surface area (Å²) in [7, 11) is 0. The van der Waals surface area contributed by atoms with Crippen LogP contribution in [0.5, 0.6) is 0 Å². The first kappa shape index (κ1) is 18.2. The Kier molecular flexibility index (Phi) is 4.90. The summed E-state index contributed by atoms with van der Waals surface area (Å²) in [4.78, 5) is 17.3. The summed E-state index contributed by atoms with van der Waals surface area (Å²) < 4.78 is 0. The van der Waals surface area contributed by atoms with Gasteiger partial charge in [-0.25, -0.2) is 0 Å². The summed E-state index contributed by atoms with van der Waals surface area (Å²) >= 11 is 0. The van der Waals surface area contributed by atoms with Crippen LogP contribution in [0, 0.1) is 23.7 Å². The Morgan fingerprint density at radius 2 is 1.82 bits per heavy atom. The van der Waals surface area contributed by atoms with Crippen molar-refractivity contribution >= 4 is 5.91 Å². The number of hydrogen-bond acceptors (Lipinski definition) is 3. The molecule has 0 unspecified atom stereocenters. The Balaban J connectivity index is 1.34. The highest BCUT2D eigenvalue weighted by molar-refractivity contribution is 5.81. The molecule has 3 atom stereocenters. The van der Waals surface area contributed by atoms with Gasteiger partial charge in [-0.1, -0.05) is 24.0 Å². The highest BCUT2D eigenvalue weighted by Crippen LogP contribution is 2.42. The number of amides is 1. The summed E-state index contributed by atoms with van der Waals surface area (Å²) in [6, 6.07) is 9.11. The van der Waals surface area contributed by atoms with Gasteiger partial charge < -0.3 is 10.0 Å². The predicted octanol–water partition coefficient (Wildman–Crippen LogP) is 2.61. The fourth-order valence-electron chi connectivity index (χ4n) is 4.93. The van der Waals surface area contributed by atoms with Gasteiger partial charge in [0.1, 0.15) is 0 Å². The number of benzene rings is 1. The number of carbonyl (C=O) groups excluding carboxylic acids is 1. The van der Waals surface area contributed by atoms with Crippen molar-refractivity contribution in [1.29, 1.82) is 0 Å². The van der Waals surface area contributed by atoms with Crippen LogP contribution >= 0.6 is 0 Å². The molecule has 4 aliphatic rings. The van der Waals surface area contributed by atoms with Gasteiger partial charge in [0.15, 0.2) is 0 Å². The van der Waals surface area contributed by atoms with E-state index in [4.69, 9.17) is 0 Å². The lowest BCUT2D eigenvalue weighted by molar-refractivity contribution is -0.137. The van der Waals surface area contributed by atoms with Crippen LogP contribution in [0.15, 0.2) is 24.3 Å². The maximum Gasteiger partial charge on any atom is 0.225 e. The number of aliphatic hydroxyl groups is 1. The molecular weight excluding hydrogens is 348 g/mol. The van der Waals surface area contributed by atoms with Crippen LogP contribution in [0.3, 0.4) is 0 Å². The Hall–Kier alpha value is -1.83. The molecule has 1 aromatic carbocycles. The maximum absolute atomic E-state index is 12.7. The molecule has 0 aromatic heterocycles. The third-order valence-electron chi connectivity index (χ3n) is 6.90. The molecule has 4 heteroatoms. The Morgan fingerprint density at radius 1 is 1.07 bits per heavy atom. The molecule has 2 heterocycles. The second-order valence-corrected chi connectivity index (χ2v) is 9.01. The SMILES string of the molecule is O=C(C1CC1)N1CCCCN2[C@H](CO)[C@@H](c3ccc(C#CC4CC4)cc3)[C@@H]2C1. The van der Waals surface area contributed by atoms with Gasteiger partial charge in [-0.05, 0) is 62.8 Å². The zero-order valence-electron chi connectivity index (χ0n) is 16.5. The third-order valence-corrected chi connectivity index (χ3v) is 6.90.